The zero-order valence-corrected chi connectivity index (χ0v) is 15.2. The van der Waals surface area contributed by atoms with Crippen molar-refractivity contribution >= 4 is 44.1 Å². The second-order valence-corrected chi connectivity index (χ2v) is 8.72. The van der Waals surface area contributed by atoms with Gasteiger partial charge in [-0.15, -0.1) is 0 Å². The van der Waals surface area contributed by atoms with Gasteiger partial charge in [0.25, 0.3) is 0 Å². The van der Waals surface area contributed by atoms with Crippen LogP contribution in [0.1, 0.15) is 12.5 Å². The lowest BCUT2D eigenvalue weighted by atomic mass is 10.0. The molecule has 0 aliphatic carbocycles. The van der Waals surface area contributed by atoms with Crippen molar-refractivity contribution in [2.75, 3.05) is 4.90 Å². The normalized spacial score (nSPS) is 19.2. The standard InChI is InChI=1S/C19H16N2O2S2/c1-19(25-24-17-8-4-5-11-20-17)12-15-14-7-3-2-6-13(14)9-10-16(15)21(19)18(22)23/h2-11H,12H2,1H3,(H,22,23). The second-order valence-electron chi connectivity index (χ2n) is 6.09. The van der Waals surface area contributed by atoms with E-state index >= 15 is 0 Å². The van der Waals surface area contributed by atoms with Gasteiger partial charge >= 0.3 is 6.09 Å². The van der Waals surface area contributed by atoms with E-state index in [9.17, 15) is 9.90 Å². The zero-order chi connectivity index (χ0) is 17.4. The molecule has 0 saturated carbocycles. The van der Waals surface area contributed by atoms with Crippen molar-refractivity contribution in [3.05, 3.63) is 66.4 Å². The van der Waals surface area contributed by atoms with E-state index < -0.39 is 11.0 Å². The van der Waals surface area contributed by atoms with E-state index in [1.165, 1.54) is 15.7 Å². The summed E-state index contributed by atoms with van der Waals surface area (Å²) >= 11 is 0. The Hall–Kier alpha value is -2.18. The van der Waals surface area contributed by atoms with E-state index in [1.54, 1.807) is 17.0 Å². The Morgan fingerprint density at radius 1 is 1.16 bits per heavy atom. The van der Waals surface area contributed by atoms with Gasteiger partial charge in [-0.2, -0.15) is 0 Å². The molecule has 4 nitrogen and oxygen atoms in total. The van der Waals surface area contributed by atoms with Crippen molar-refractivity contribution in [3.8, 4) is 0 Å². The summed E-state index contributed by atoms with van der Waals surface area (Å²) in [5.74, 6) is 0. The molecule has 6 heteroatoms. The number of hydrogen-bond acceptors (Lipinski definition) is 4. The molecule has 25 heavy (non-hydrogen) atoms. The van der Waals surface area contributed by atoms with E-state index in [0.29, 0.717) is 6.42 Å². The van der Waals surface area contributed by atoms with Gasteiger partial charge in [0.2, 0.25) is 0 Å². The molecule has 0 bridgehead atoms. The molecule has 2 aromatic carbocycles. The van der Waals surface area contributed by atoms with Crippen LogP contribution in [0.2, 0.25) is 0 Å². The number of nitrogens with zero attached hydrogens (tertiary/aromatic N) is 2. The Labute approximate surface area is 153 Å². The fraction of sp³-hybridized carbons (Fsp3) is 0.158. The van der Waals surface area contributed by atoms with E-state index in [2.05, 4.69) is 17.1 Å². The van der Waals surface area contributed by atoms with Crippen LogP contribution >= 0.6 is 21.6 Å². The van der Waals surface area contributed by atoms with Crippen molar-refractivity contribution in [3.63, 3.8) is 0 Å². The summed E-state index contributed by atoms with van der Waals surface area (Å²) in [7, 11) is 3.05. The third-order valence-electron chi connectivity index (χ3n) is 4.37. The molecule has 126 valence electrons. The minimum atomic E-state index is -0.925. The van der Waals surface area contributed by atoms with Crippen LogP contribution in [-0.2, 0) is 6.42 Å². The highest BCUT2D eigenvalue weighted by Crippen LogP contribution is 2.52. The van der Waals surface area contributed by atoms with Crippen LogP contribution in [0, 0.1) is 0 Å². The maximum atomic E-state index is 12.0. The third-order valence-corrected chi connectivity index (χ3v) is 7.39. The van der Waals surface area contributed by atoms with Gasteiger partial charge < -0.3 is 5.11 Å². The fourth-order valence-electron chi connectivity index (χ4n) is 3.28. The topological polar surface area (TPSA) is 53.4 Å². The smallest absolute Gasteiger partial charge is 0.413 e. The van der Waals surface area contributed by atoms with Gasteiger partial charge in [0.15, 0.2) is 0 Å². The largest absolute Gasteiger partial charge is 0.465 e. The first-order chi connectivity index (χ1) is 12.1. The lowest BCUT2D eigenvalue weighted by molar-refractivity contribution is 0.199. The highest BCUT2D eigenvalue weighted by molar-refractivity contribution is 8.77. The molecule has 2 heterocycles. The molecule has 4 rings (SSSR count). The number of fused-ring (bicyclic) bond motifs is 3. The molecule has 1 aliphatic rings. The number of anilines is 1. The Morgan fingerprint density at radius 2 is 1.96 bits per heavy atom. The number of aromatic nitrogens is 1. The number of hydrogen-bond donors (Lipinski definition) is 1. The van der Waals surface area contributed by atoms with Crippen LogP contribution in [0.25, 0.3) is 10.8 Å². The Kier molecular flexibility index (Phi) is 4.09. The fourth-order valence-corrected chi connectivity index (χ4v) is 5.73. The van der Waals surface area contributed by atoms with E-state index in [0.717, 1.165) is 27.0 Å². The second kappa shape index (κ2) is 6.28. The predicted octanol–water partition coefficient (Wildman–Crippen LogP) is 5.43. The van der Waals surface area contributed by atoms with Gasteiger partial charge in [-0.25, -0.2) is 9.78 Å². The van der Waals surface area contributed by atoms with E-state index in [4.69, 9.17) is 0 Å². The molecule has 0 fully saturated rings. The molecular weight excluding hydrogens is 352 g/mol. The first-order valence-electron chi connectivity index (χ1n) is 7.89. The molecule has 1 unspecified atom stereocenters. The average Bonchev–Trinajstić information content (AvgIpc) is 2.94. The first kappa shape index (κ1) is 16.3. The third kappa shape index (κ3) is 2.85. The molecule has 0 spiro atoms. The molecular formula is C19H16N2O2S2. The van der Waals surface area contributed by atoms with Gasteiger partial charge in [0, 0.05) is 12.6 Å². The highest BCUT2D eigenvalue weighted by Gasteiger charge is 2.45. The average molecular weight is 368 g/mol. The van der Waals surface area contributed by atoms with Crippen molar-refractivity contribution < 1.29 is 9.90 Å². The van der Waals surface area contributed by atoms with Gasteiger partial charge in [0.1, 0.15) is 9.90 Å². The lowest BCUT2D eigenvalue weighted by Crippen LogP contribution is -2.44. The van der Waals surface area contributed by atoms with Gasteiger partial charge in [-0.05, 0) is 52.3 Å². The minimum absolute atomic E-state index is 0.583. The summed E-state index contributed by atoms with van der Waals surface area (Å²) in [6.45, 7) is 1.98. The summed E-state index contributed by atoms with van der Waals surface area (Å²) in [6.07, 6.45) is 1.49. The first-order valence-corrected chi connectivity index (χ1v) is 10.0. The molecule has 3 aromatic rings. The van der Waals surface area contributed by atoms with Crippen molar-refractivity contribution in [1.82, 2.24) is 4.98 Å². The SMILES string of the molecule is CC1(SSc2ccccn2)Cc2c(ccc3ccccc23)N1C(=O)O. The maximum absolute atomic E-state index is 12.0. The number of carbonyl (C=O) groups is 1. The molecule has 1 amide bonds. The molecule has 1 N–H and O–H groups in total. The van der Waals surface area contributed by atoms with Crippen molar-refractivity contribution in [1.29, 1.82) is 0 Å². The Bertz CT molecular complexity index is 949. The van der Waals surface area contributed by atoms with Gasteiger partial charge in [-0.1, -0.05) is 47.2 Å². The summed E-state index contributed by atoms with van der Waals surface area (Å²) in [6, 6.07) is 17.8. The van der Waals surface area contributed by atoms with E-state index in [-0.39, 0.29) is 0 Å². The number of rotatable bonds is 3. The summed E-state index contributed by atoms with van der Waals surface area (Å²) in [5, 5.41) is 13.0. The highest BCUT2D eigenvalue weighted by atomic mass is 33.1. The monoisotopic (exact) mass is 368 g/mol. The van der Waals surface area contributed by atoms with Crippen LogP contribution in [-0.4, -0.2) is 21.1 Å². The lowest BCUT2D eigenvalue weighted by Gasteiger charge is -2.31. The predicted molar refractivity (Wildman–Crippen MR) is 104 cm³/mol. The zero-order valence-electron chi connectivity index (χ0n) is 13.5. The molecule has 1 atom stereocenters. The van der Waals surface area contributed by atoms with Crippen molar-refractivity contribution in [2.24, 2.45) is 0 Å². The number of pyridine rings is 1. The van der Waals surface area contributed by atoms with Crippen LogP contribution in [0.5, 0.6) is 0 Å². The number of amides is 1. The van der Waals surface area contributed by atoms with Crippen LogP contribution < -0.4 is 4.90 Å². The van der Waals surface area contributed by atoms with Crippen LogP contribution in [0.4, 0.5) is 10.5 Å². The molecule has 0 radical (unpaired) electrons. The summed E-state index contributed by atoms with van der Waals surface area (Å²) in [4.78, 5) is 17.2. The van der Waals surface area contributed by atoms with Crippen LogP contribution in [0.3, 0.4) is 0 Å². The minimum Gasteiger partial charge on any atom is -0.465 e. The summed E-state index contributed by atoms with van der Waals surface area (Å²) in [5.41, 5.74) is 1.87. The van der Waals surface area contributed by atoms with Gasteiger partial charge in [0.05, 0.1) is 5.69 Å². The molecule has 1 aliphatic heterocycles. The molecule has 1 aromatic heterocycles. The number of benzene rings is 2. The quantitative estimate of drug-likeness (QED) is 0.625. The van der Waals surface area contributed by atoms with E-state index in [1.807, 2.05) is 49.4 Å². The summed E-state index contributed by atoms with van der Waals surface area (Å²) < 4.78 is 0. The van der Waals surface area contributed by atoms with Crippen molar-refractivity contribution in [2.45, 2.75) is 23.2 Å². The molecule has 0 saturated heterocycles. The van der Waals surface area contributed by atoms with Crippen LogP contribution in [0.15, 0.2) is 65.8 Å². The Balaban J connectivity index is 1.73. The number of carboxylic acid groups (broad SMARTS) is 1. The Morgan fingerprint density at radius 3 is 2.72 bits per heavy atom. The maximum Gasteiger partial charge on any atom is 0.413 e. The van der Waals surface area contributed by atoms with Gasteiger partial charge in [-0.3, -0.25) is 4.90 Å².